The molecule has 2 aromatic rings. The molecular formula is C13H17N3O2S2. The van der Waals surface area contributed by atoms with Gasteiger partial charge in [0.1, 0.15) is 4.90 Å². The second-order valence-corrected chi connectivity index (χ2v) is 7.26. The van der Waals surface area contributed by atoms with Crippen LogP contribution in [0.4, 0.5) is 11.4 Å². The predicted molar refractivity (Wildman–Crippen MR) is 83.5 cm³/mol. The van der Waals surface area contributed by atoms with Crippen LogP contribution >= 0.6 is 11.3 Å². The summed E-state index contributed by atoms with van der Waals surface area (Å²) in [5.41, 5.74) is 6.76. The summed E-state index contributed by atoms with van der Waals surface area (Å²) in [4.78, 5) is 3.26. The molecule has 7 heteroatoms. The molecule has 0 unspecified atom stereocenters. The Hall–Kier alpha value is -1.57. The topological polar surface area (TPSA) is 75.4 Å². The van der Waals surface area contributed by atoms with Crippen LogP contribution in [0.2, 0.25) is 0 Å². The van der Waals surface area contributed by atoms with E-state index in [1.165, 1.54) is 13.1 Å². The molecule has 0 radical (unpaired) electrons. The van der Waals surface area contributed by atoms with E-state index in [0.29, 0.717) is 17.9 Å². The maximum absolute atomic E-state index is 12.1. The molecule has 20 heavy (non-hydrogen) atoms. The molecule has 1 aromatic carbocycles. The molecule has 0 atom stereocenters. The lowest BCUT2D eigenvalue weighted by atomic mass is 10.2. The van der Waals surface area contributed by atoms with Gasteiger partial charge in [-0.05, 0) is 36.7 Å². The van der Waals surface area contributed by atoms with Gasteiger partial charge in [-0.25, -0.2) is 13.1 Å². The van der Waals surface area contributed by atoms with E-state index in [1.54, 1.807) is 23.5 Å². The summed E-state index contributed by atoms with van der Waals surface area (Å²) >= 11 is 1.64. The molecule has 2 rings (SSSR count). The standard InChI is InChI=1S/C13H17N3O2S2/c1-15-20(17,18)13-8-10(14)5-6-12(13)16(2)9-11-4-3-7-19-11/h3-8,15H,9,14H2,1-2H3. The van der Waals surface area contributed by atoms with Gasteiger partial charge in [-0.3, -0.25) is 0 Å². The summed E-state index contributed by atoms with van der Waals surface area (Å²) in [6, 6.07) is 8.90. The van der Waals surface area contributed by atoms with Gasteiger partial charge in [0.05, 0.1) is 12.2 Å². The lowest BCUT2D eigenvalue weighted by Gasteiger charge is -2.22. The third-order valence-electron chi connectivity index (χ3n) is 2.93. The number of nitrogens with two attached hydrogens (primary N) is 1. The molecule has 0 aliphatic carbocycles. The second-order valence-electron chi connectivity index (χ2n) is 4.37. The van der Waals surface area contributed by atoms with Crippen LogP contribution < -0.4 is 15.4 Å². The van der Waals surface area contributed by atoms with Gasteiger partial charge in [-0.15, -0.1) is 11.3 Å². The zero-order valence-electron chi connectivity index (χ0n) is 11.3. The van der Waals surface area contributed by atoms with Gasteiger partial charge in [0, 0.05) is 17.6 Å². The van der Waals surface area contributed by atoms with E-state index >= 15 is 0 Å². The summed E-state index contributed by atoms with van der Waals surface area (Å²) in [6.45, 7) is 0.647. The van der Waals surface area contributed by atoms with Crippen LogP contribution in [-0.2, 0) is 16.6 Å². The van der Waals surface area contributed by atoms with Gasteiger partial charge in [0.2, 0.25) is 10.0 Å². The number of sulfonamides is 1. The number of nitrogen functional groups attached to an aromatic ring is 1. The van der Waals surface area contributed by atoms with Crippen LogP contribution in [0.3, 0.4) is 0 Å². The summed E-state index contributed by atoms with van der Waals surface area (Å²) in [5.74, 6) is 0. The zero-order chi connectivity index (χ0) is 14.8. The number of thiophene rings is 1. The van der Waals surface area contributed by atoms with Gasteiger partial charge in [-0.1, -0.05) is 6.07 Å². The van der Waals surface area contributed by atoms with E-state index in [2.05, 4.69) is 4.72 Å². The molecule has 3 N–H and O–H groups in total. The average Bonchev–Trinajstić information content (AvgIpc) is 2.91. The van der Waals surface area contributed by atoms with Crippen LogP contribution in [0.15, 0.2) is 40.6 Å². The molecule has 0 saturated heterocycles. The van der Waals surface area contributed by atoms with E-state index in [-0.39, 0.29) is 4.90 Å². The Morgan fingerprint density at radius 3 is 2.70 bits per heavy atom. The first kappa shape index (κ1) is 14.8. The molecule has 0 aliphatic rings. The quantitative estimate of drug-likeness (QED) is 0.827. The smallest absolute Gasteiger partial charge is 0.242 e. The monoisotopic (exact) mass is 311 g/mol. The fraction of sp³-hybridized carbons (Fsp3) is 0.231. The highest BCUT2D eigenvalue weighted by molar-refractivity contribution is 7.89. The zero-order valence-corrected chi connectivity index (χ0v) is 13.0. The summed E-state index contributed by atoms with van der Waals surface area (Å²) < 4.78 is 26.5. The van der Waals surface area contributed by atoms with Crippen molar-refractivity contribution >= 4 is 32.7 Å². The van der Waals surface area contributed by atoms with Crippen molar-refractivity contribution in [1.82, 2.24) is 4.72 Å². The first-order chi connectivity index (χ1) is 9.44. The molecule has 1 heterocycles. The number of hydrogen-bond donors (Lipinski definition) is 2. The highest BCUT2D eigenvalue weighted by Gasteiger charge is 2.19. The molecule has 0 saturated carbocycles. The average molecular weight is 311 g/mol. The highest BCUT2D eigenvalue weighted by atomic mass is 32.2. The fourth-order valence-electron chi connectivity index (χ4n) is 1.89. The predicted octanol–water partition coefficient (Wildman–Crippen LogP) is 1.87. The first-order valence-electron chi connectivity index (χ1n) is 6.00. The minimum Gasteiger partial charge on any atom is -0.399 e. The lowest BCUT2D eigenvalue weighted by molar-refractivity contribution is 0.588. The lowest BCUT2D eigenvalue weighted by Crippen LogP contribution is -2.24. The van der Waals surface area contributed by atoms with Crippen LogP contribution in [0, 0.1) is 0 Å². The fourth-order valence-corrected chi connectivity index (χ4v) is 3.66. The Morgan fingerprint density at radius 1 is 1.35 bits per heavy atom. The number of nitrogens with zero attached hydrogens (tertiary/aromatic N) is 1. The van der Waals surface area contributed by atoms with Crippen molar-refractivity contribution < 1.29 is 8.42 Å². The Bertz CT molecular complexity index is 682. The minimum atomic E-state index is -3.54. The van der Waals surface area contributed by atoms with E-state index in [9.17, 15) is 8.42 Å². The molecule has 0 amide bonds. The Morgan fingerprint density at radius 2 is 2.10 bits per heavy atom. The van der Waals surface area contributed by atoms with Crippen molar-refractivity contribution in [2.45, 2.75) is 11.4 Å². The Kier molecular flexibility index (Phi) is 4.32. The van der Waals surface area contributed by atoms with Crippen molar-refractivity contribution in [2.75, 3.05) is 24.7 Å². The van der Waals surface area contributed by atoms with Crippen molar-refractivity contribution in [3.8, 4) is 0 Å². The first-order valence-corrected chi connectivity index (χ1v) is 8.37. The molecule has 0 spiro atoms. The van der Waals surface area contributed by atoms with Crippen molar-refractivity contribution in [1.29, 1.82) is 0 Å². The van der Waals surface area contributed by atoms with Crippen LogP contribution in [0.25, 0.3) is 0 Å². The number of benzene rings is 1. The summed E-state index contributed by atoms with van der Waals surface area (Å²) in [5, 5.41) is 2.00. The molecular weight excluding hydrogens is 294 g/mol. The maximum atomic E-state index is 12.1. The van der Waals surface area contributed by atoms with Gasteiger partial charge in [-0.2, -0.15) is 0 Å². The van der Waals surface area contributed by atoms with Crippen molar-refractivity contribution in [2.24, 2.45) is 0 Å². The number of nitrogens with one attached hydrogen (secondary N) is 1. The highest BCUT2D eigenvalue weighted by Crippen LogP contribution is 2.28. The van der Waals surface area contributed by atoms with Crippen molar-refractivity contribution in [3.05, 3.63) is 40.6 Å². The summed E-state index contributed by atoms with van der Waals surface area (Å²) in [6.07, 6.45) is 0. The maximum Gasteiger partial charge on any atom is 0.242 e. The van der Waals surface area contributed by atoms with E-state index in [0.717, 1.165) is 4.88 Å². The summed E-state index contributed by atoms with van der Waals surface area (Å²) in [7, 11) is -0.292. The third kappa shape index (κ3) is 3.12. The van der Waals surface area contributed by atoms with Crippen LogP contribution in [-0.4, -0.2) is 22.5 Å². The Balaban J connectivity index is 2.41. The number of rotatable bonds is 5. The molecule has 5 nitrogen and oxygen atoms in total. The molecule has 1 aromatic heterocycles. The van der Waals surface area contributed by atoms with Gasteiger partial charge in [0.25, 0.3) is 0 Å². The van der Waals surface area contributed by atoms with Crippen LogP contribution in [0.1, 0.15) is 4.88 Å². The van der Waals surface area contributed by atoms with Crippen molar-refractivity contribution in [3.63, 3.8) is 0 Å². The third-order valence-corrected chi connectivity index (χ3v) is 5.23. The largest absolute Gasteiger partial charge is 0.399 e. The normalized spacial score (nSPS) is 11.5. The minimum absolute atomic E-state index is 0.194. The second kappa shape index (κ2) is 5.82. The molecule has 108 valence electrons. The van der Waals surface area contributed by atoms with Gasteiger partial charge >= 0.3 is 0 Å². The molecule has 0 bridgehead atoms. The Labute approximate surface area is 123 Å². The van der Waals surface area contributed by atoms with E-state index in [4.69, 9.17) is 5.73 Å². The van der Waals surface area contributed by atoms with E-state index in [1.807, 2.05) is 29.5 Å². The SMILES string of the molecule is CNS(=O)(=O)c1cc(N)ccc1N(C)Cc1cccs1. The molecule has 0 aliphatic heterocycles. The van der Waals surface area contributed by atoms with Crippen LogP contribution in [0.5, 0.6) is 0 Å². The number of hydrogen-bond acceptors (Lipinski definition) is 5. The number of anilines is 2. The van der Waals surface area contributed by atoms with E-state index < -0.39 is 10.0 Å². The van der Waals surface area contributed by atoms with Gasteiger partial charge in [0.15, 0.2) is 0 Å². The van der Waals surface area contributed by atoms with Gasteiger partial charge < -0.3 is 10.6 Å². The molecule has 0 fully saturated rings.